The molecule has 0 fully saturated rings. The summed E-state index contributed by atoms with van der Waals surface area (Å²) >= 11 is 0. The van der Waals surface area contributed by atoms with Crippen LogP contribution in [0.4, 0.5) is 0 Å². The zero-order chi connectivity index (χ0) is 13.9. The van der Waals surface area contributed by atoms with Crippen molar-refractivity contribution in [3.63, 3.8) is 0 Å². The van der Waals surface area contributed by atoms with Crippen molar-refractivity contribution in [1.82, 2.24) is 5.32 Å². The molecule has 0 aliphatic carbocycles. The van der Waals surface area contributed by atoms with Crippen molar-refractivity contribution in [3.05, 3.63) is 35.4 Å². The number of carboxylic acid groups (broad SMARTS) is 1. The molecule has 0 aromatic heterocycles. The number of nitrogens with one attached hydrogen (secondary N) is 1. The Labute approximate surface area is 109 Å². The van der Waals surface area contributed by atoms with Crippen LogP contribution >= 0.6 is 0 Å². The van der Waals surface area contributed by atoms with Gasteiger partial charge in [0.2, 0.25) is 0 Å². The van der Waals surface area contributed by atoms with Gasteiger partial charge in [0.25, 0.3) is 0 Å². The van der Waals surface area contributed by atoms with Gasteiger partial charge in [0.05, 0.1) is 0 Å². The molecule has 0 radical (unpaired) electrons. The highest BCUT2D eigenvalue weighted by Crippen LogP contribution is 2.24. The molecule has 0 saturated heterocycles. The first-order valence-corrected chi connectivity index (χ1v) is 6.39. The molecule has 0 bridgehead atoms. The van der Waals surface area contributed by atoms with E-state index in [1.54, 1.807) is 6.92 Å². The van der Waals surface area contributed by atoms with Gasteiger partial charge in [-0.15, -0.1) is 0 Å². The fourth-order valence-corrected chi connectivity index (χ4v) is 2.05. The first kappa shape index (κ1) is 14.7. The van der Waals surface area contributed by atoms with Gasteiger partial charge in [-0.1, -0.05) is 38.1 Å². The van der Waals surface area contributed by atoms with E-state index in [4.69, 9.17) is 0 Å². The molecule has 0 heterocycles. The monoisotopic (exact) mass is 249 g/mol. The fraction of sp³-hybridized carbons (Fsp3) is 0.533. The van der Waals surface area contributed by atoms with E-state index in [9.17, 15) is 9.90 Å². The summed E-state index contributed by atoms with van der Waals surface area (Å²) in [6.45, 7) is 9.85. The van der Waals surface area contributed by atoms with Crippen LogP contribution in [0.25, 0.3) is 0 Å². The molecule has 1 unspecified atom stereocenters. The molecule has 1 atom stereocenters. The Morgan fingerprint density at radius 1 is 1.17 bits per heavy atom. The van der Waals surface area contributed by atoms with Gasteiger partial charge in [-0.05, 0) is 37.8 Å². The minimum absolute atomic E-state index is 0.107. The van der Waals surface area contributed by atoms with Crippen LogP contribution in [0.3, 0.4) is 0 Å². The summed E-state index contributed by atoms with van der Waals surface area (Å²) in [6.07, 6.45) is 0. The third kappa shape index (κ3) is 3.10. The number of hydrogen-bond donors (Lipinski definition) is 2. The summed E-state index contributed by atoms with van der Waals surface area (Å²) in [5.41, 5.74) is 0.966. The number of aliphatic carboxylic acids is 1. The summed E-state index contributed by atoms with van der Waals surface area (Å²) in [5.74, 6) is -0.401. The number of hydrogen-bond acceptors (Lipinski definition) is 2. The second-order valence-corrected chi connectivity index (χ2v) is 5.51. The molecule has 18 heavy (non-hydrogen) atoms. The van der Waals surface area contributed by atoms with E-state index in [0.717, 1.165) is 5.56 Å². The highest BCUT2D eigenvalue weighted by atomic mass is 16.4. The lowest BCUT2D eigenvalue weighted by molar-refractivity contribution is -0.144. The van der Waals surface area contributed by atoms with E-state index in [0.29, 0.717) is 5.92 Å². The molecule has 0 aliphatic heterocycles. The van der Waals surface area contributed by atoms with Crippen molar-refractivity contribution >= 4 is 5.97 Å². The molecule has 3 nitrogen and oxygen atoms in total. The summed E-state index contributed by atoms with van der Waals surface area (Å²) in [7, 11) is 0. The number of carbonyl (C=O) groups is 1. The smallest absolute Gasteiger partial charge is 0.328 e. The molecule has 0 amide bonds. The maximum atomic E-state index is 11.5. The lowest BCUT2D eigenvalue weighted by Gasteiger charge is -2.29. The first-order valence-electron chi connectivity index (χ1n) is 6.39. The van der Waals surface area contributed by atoms with Crippen molar-refractivity contribution < 1.29 is 9.90 Å². The van der Waals surface area contributed by atoms with E-state index in [2.05, 4.69) is 19.2 Å². The molecule has 1 rings (SSSR count). The van der Waals surface area contributed by atoms with E-state index in [-0.39, 0.29) is 6.04 Å². The van der Waals surface area contributed by atoms with Crippen LogP contribution in [0.2, 0.25) is 0 Å². The fourth-order valence-electron chi connectivity index (χ4n) is 2.05. The zero-order valence-electron chi connectivity index (χ0n) is 11.8. The van der Waals surface area contributed by atoms with E-state index in [1.165, 1.54) is 5.56 Å². The largest absolute Gasteiger partial charge is 0.480 e. The van der Waals surface area contributed by atoms with Gasteiger partial charge in [-0.3, -0.25) is 5.32 Å². The predicted octanol–water partition coefficient (Wildman–Crippen LogP) is 3.11. The molecular weight excluding hydrogens is 226 g/mol. The topological polar surface area (TPSA) is 49.3 Å². The lowest BCUT2D eigenvalue weighted by atomic mass is 9.89. The van der Waals surface area contributed by atoms with Crippen LogP contribution in [0.15, 0.2) is 24.3 Å². The summed E-state index contributed by atoms with van der Waals surface area (Å²) in [4.78, 5) is 11.5. The molecule has 3 heteroatoms. The summed E-state index contributed by atoms with van der Waals surface area (Å²) in [5, 5.41) is 12.6. The van der Waals surface area contributed by atoms with Crippen LogP contribution in [-0.2, 0) is 10.3 Å². The van der Waals surface area contributed by atoms with Gasteiger partial charge in [0.1, 0.15) is 5.54 Å². The minimum atomic E-state index is -1.04. The Morgan fingerprint density at radius 2 is 1.67 bits per heavy atom. The Hall–Kier alpha value is -1.35. The molecule has 0 aliphatic rings. The van der Waals surface area contributed by atoms with Gasteiger partial charge < -0.3 is 5.11 Å². The molecule has 1 aromatic carbocycles. The van der Waals surface area contributed by atoms with E-state index >= 15 is 0 Å². The molecule has 1 aromatic rings. The van der Waals surface area contributed by atoms with Crippen LogP contribution in [0, 0.1) is 0 Å². The quantitative estimate of drug-likeness (QED) is 0.843. The van der Waals surface area contributed by atoms with Gasteiger partial charge in [-0.25, -0.2) is 4.79 Å². The van der Waals surface area contributed by atoms with Crippen LogP contribution in [0.5, 0.6) is 0 Å². The van der Waals surface area contributed by atoms with Crippen LogP contribution < -0.4 is 5.32 Å². The molecule has 100 valence electrons. The third-order valence-electron chi connectivity index (χ3n) is 3.16. The van der Waals surface area contributed by atoms with Gasteiger partial charge in [-0.2, -0.15) is 0 Å². The van der Waals surface area contributed by atoms with Crippen molar-refractivity contribution in [2.45, 2.75) is 52.1 Å². The highest BCUT2D eigenvalue weighted by molar-refractivity contribution is 5.80. The number of rotatable bonds is 5. The number of carboxylic acids is 1. The minimum Gasteiger partial charge on any atom is -0.480 e. The normalized spacial score (nSPS) is 14.8. The molecule has 2 N–H and O–H groups in total. The second-order valence-electron chi connectivity index (χ2n) is 5.51. The highest BCUT2D eigenvalue weighted by Gasteiger charge is 2.35. The molecule has 0 saturated carbocycles. The van der Waals surface area contributed by atoms with Gasteiger partial charge >= 0.3 is 5.97 Å². The maximum Gasteiger partial charge on any atom is 0.328 e. The SMILES string of the molecule is CC(C)NC(C)(C(=O)O)c1ccc(C(C)C)cc1. The lowest BCUT2D eigenvalue weighted by Crippen LogP contribution is -2.49. The summed E-state index contributed by atoms with van der Waals surface area (Å²) in [6, 6.07) is 7.92. The van der Waals surface area contributed by atoms with Gasteiger partial charge in [0, 0.05) is 6.04 Å². The standard InChI is InChI=1S/C15H23NO2/c1-10(2)12-6-8-13(9-7-12)15(5,14(17)18)16-11(3)4/h6-11,16H,1-5H3,(H,17,18). The Kier molecular flexibility index (Phi) is 4.52. The molecular formula is C15H23NO2. The van der Waals surface area contributed by atoms with Crippen molar-refractivity contribution in [2.75, 3.05) is 0 Å². The predicted molar refractivity (Wildman–Crippen MR) is 73.8 cm³/mol. The zero-order valence-corrected chi connectivity index (χ0v) is 11.8. The Morgan fingerprint density at radius 3 is 2.00 bits per heavy atom. The van der Waals surface area contributed by atoms with E-state index < -0.39 is 11.5 Å². The average molecular weight is 249 g/mol. The Balaban J connectivity index is 3.10. The van der Waals surface area contributed by atoms with E-state index in [1.807, 2.05) is 38.1 Å². The van der Waals surface area contributed by atoms with Crippen molar-refractivity contribution in [1.29, 1.82) is 0 Å². The maximum absolute atomic E-state index is 11.5. The second kappa shape index (κ2) is 5.53. The van der Waals surface area contributed by atoms with Crippen LogP contribution in [0.1, 0.15) is 51.7 Å². The Bertz CT molecular complexity index is 409. The first-order chi connectivity index (χ1) is 8.27. The van der Waals surface area contributed by atoms with Crippen LogP contribution in [-0.4, -0.2) is 17.1 Å². The summed E-state index contributed by atoms with van der Waals surface area (Å²) < 4.78 is 0. The average Bonchev–Trinajstić information content (AvgIpc) is 2.27. The van der Waals surface area contributed by atoms with Crippen molar-refractivity contribution in [2.24, 2.45) is 0 Å². The number of benzene rings is 1. The van der Waals surface area contributed by atoms with Crippen molar-refractivity contribution in [3.8, 4) is 0 Å². The van der Waals surface area contributed by atoms with Gasteiger partial charge in [0.15, 0.2) is 0 Å². The molecule has 0 spiro atoms. The third-order valence-corrected chi connectivity index (χ3v) is 3.16.